The number of esters is 1. The average Bonchev–Trinajstić information content (AvgIpc) is 2.62. The fourth-order valence-electron chi connectivity index (χ4n) is 2.33. The van der Waals surface area contributed by atoms with E-state index < -0.39 is 24.2 Å². The highest BCUT2D eigenvalue weighted by Gasteiger charge is 2.53. The molecule has 0 aliphatic carbocycles. The third-order valence-corrected chi connectivity index (χ3v) is 2.92. The van der Waals surface area contributed by atoms with Crippen LogP contribution in [-0.2, 0) is 28.5 Å². The Bertz CT molecular complexity index is 353. The van der Waals surface area contributed by atoms with Crippen molar-refractivity contribution >= 4 is 5.97 Å². The number of ether oxygens (including phenoxy) is 5. The lowest BCUT2D eigenvalue weighted by Crippen LogP contribution is -2.54. The van der Waals surface area contributed by atoms with E-state index in [9.17, 15) is 4.79 Å². The smallest absolute Gasteiger partial charge is 0.303 e. The Kier molecular flexibility index (Phi) is 4.25. The summed E-state index contributed by atoms with van der Waals surface area (Å²) in [7, 11) is 0. The van der Waals surface area contributed by atoms with E-state index in [0.29, 0.717) is 13.2 Å². The van der Waals surface area contributed by atoms with Crippen molar-refractivity contribution in [3.8, 4) is 0 Å². The molecule has 0 spiro atoms. The normalized spacial score (nSPS) is 36.6. The fourth-order valence-corrected chi connectivity index (χ4v) is 2.33. The van der Waals surface area contributed by atoms with E-state index in [1.807, 2.05) is 13.8 Å². The maximum Gasteiger partial charge on any atom is 0.303 e. The Morgan fingerprint density at radius 3 is 2.84 bits per heavy atom. The van der Waals surface area contributed by atoms with Crippen LogP contribution in [0.2, 0.25) is 0 Å². The molecule has 2 rings (SSSR count). The van der Waals surface area contributed by atoms with Gasteiger partial charge >= 0.3 is 5.97 Å². The predicted octanol–water partition coefficient (Wildman–Crippen LogP) is 0.997. The maximum atomic E-state index is 11.2. The monoisotopic (exact) mass is 272 g/mol. The van der Waals surface area contributed by atoms with E-state index in [4.69, 9.17) is 23.7 Å². The number of hydrogen-bond donors (Lipinski definition) is 0. The molecule has 0 aromatic rings. The van der Waals surface area contributed by atoms with Crippen molar-refractivity contribution in [3.05, 3.63) is 12.7 Å². The number of hydrogen-bond acceptors (Lipinski definition) is 6. The molecule has 2 saturated heterocycles. The molecule has 0 unspecified atom stereocenters. The van der Waals surface area contributed by atoms with Crippen LogP contribution in [0.1, 0.15) is 20.8 Å². The van der Waals surface area contributed by atoms with Crippen molar-refractivity contribution in [3.63, 3.8) is 0 Å². The van der Waals surface area contributed by atoms with Gasteiger partial charge in [0.1, 0.15) is 12.2 Å². The maximum absolute atomic E-state index is 11.2. The minimum Gasteiger partial charge on any atom is -0.454 e. The highest BCUT2D eigenvalue weighted by molar-refractivity contribution is 5.66. The summed E-state index contributed by atoms with van der Waals surface area (Å²) in [5, 5.41) is 0. The Morgan fingerprint density at radius 1 is 1.47 bits per heavy atom. The van der Waals surface area contributed by atoms with Gasteiger partial charge in [0, 0.05) is 6.92 Å². The lowest BCUT2D eigenvalue weighted by molar-refractivity contribution is -0.255. The quantitative estimate of drug-likeness (QED) is 0.562. The van der Waals surface area contributed by atoms with Crippen LogP contribution in [0.15, 0.2) is 12.7 Å². The molecule has 6 nitrogen and oxygen atoms in total. The summed E-state index contributed by atoms with van der Waals surface area (Å²) in [6.45, 7) is 9.20. The first kappa shape index (κ1) is 14.5. The molecule has 2 aliphatic rings. The number of rotatable bonds is 4. The summed E-state index contributed by atoms with van der Waals surface area (Å²) in [5.74, 6) is -1.13. The molecule has 2 fully saturated rings. The molecule has 0 radical (unpaired) electrons. The minimum atomic E-state index is -0.718. The molecule has 2 aliphatic heterocycles. The summed E-state index contributed by atoms with van der Waals surface area (Å²) in [6, 6.07) is 0. The van der Waals surface area contributed by atoms with Crippen molar-refractivity contribution in [1.82, 2.24) is 0 Å². The van der Waals surface area contributed by atoms with Crippen molar-refractivity contribution in [2.45, 2.75) is 51.2 Å². The SMILES string of the molecule is C=CCO[C@H]1OC[C@@H]2OC(C)(C)O[C@@H]2[C@H]1OC(C)=O. The van der Waals surface area contributed by atoms with E-state index in [1.54, 1.807) is 6.08 Å². The molecule has 0 amide bonds. The van der Waals surface area contributed by atoms with E-state index in [1.165, 1.54) is 6.92 Å². The zero-order chi connectivity index (χ0) is 14.0. The second-order valence-electron chi connectivity index (χ2n) is 5.04. The molecule has 4 atom stereocenters. The van der Waals surface area contributed by atoms with Crippen LogP contribution in [0.4, 0.5) is 0 Å². The van der Waals surface area contributed by atoms with Crippen molar-refractivity contribution < 1.29 is 28.5 Å². The summed E-state index contributed by atoms with van der Waals surface area (Å²) in [5.41, 5.74) is 0. The standard InChI is InChI=1S/C13H20O6/c1-5-6-15-12-11(17-8(2)14)10-9(7-16-12)18-13(3,4)19-10/h5,9-12H,1,6-7H2,2-4H3/t9-,10-,11+,12-/m0/s1. The third kappa shape index (κ3) is 3.33. The molecular formula is C13H20O6. The van der Waals surface area contributed by atoms with Crippen LogP contribution in [0.25, 0.3) is 0 Å². The van der Waals surface area contributed by atoms with Crippen LogP contribution in [0.5, 0.6) is 0 Å². The summed E-state index contributed by atoms with van der Waals surface area (Å²) < 4.78 is 27.8. The van der Waals surface area contributed by atoms with Crippen LogP contribution < -0.4 is 0 Å². The van der Waals surface area contributed by atoms with Crippen LogP contribution >= 0.6 is 0 Å². The third-order valence-electron chi connectivity index (χ3n) is 2.92. The highest BCUT2D eigenvalue weighted by atomic mass is 16.8. The molecular weight excluding hydrogens is 252 g/mol. The lowest BCUT2D eigenvalue weighted by atomic mass is 10.1. The first-order valence-corrected chi connectivity index (χ1v) is 6.30. The Hall–Kier alpha value is -0.950. The van der Waals surface area contributed by atoms with Gasteiger partial charge < -0.3 is 23.7 Å². The summed E-state index contributed by atoms with van der Waals surface area (Å²) in [4.78, 5) is 11.2. The minimum absolute atomic E-state index is 0.261. The van der Waals surface area contributed by atoms with E-state index in [2.05, 4.69) is 6.58 Å². The molecule has 19 heavy (non-hydrogen) atoms. The molecule has 0 aromatic carbocycles. The Balaban J connectivity index is 2.11. The van der Waals surface area contributed by atoms with E-state index in [0.717, 1.165) is 0 Å². The van der Waals surface area contributed by atoms with Crippen LogP contribution in [0, 0.1) is 0 Å². The summed E-state index contributed by atoms with van der Waals surface area (Å²) >= 11 is 0. The van der Waals surface area contributed by atoms with Crippen molar-refractivity contribution in [2.75, 3.05) is 13.2 Å². The second-order valence-corrected chi connectivity index (χ2v) is 5.04. The van der Waals surface area contributed by atoms with Gasteiger partial charge in [-0.05, 0) is 13.8 Å². The largest absolute Gasteiger partial charge is 0.454 e. The molecule has 6 heteroatoms. The fraction of sp³-hybridized carbons (Fsp3) is 0.769. The van der Waals surface area contributed by atoms with Crippen LogP contribution in [-0.4, -0.2) is 49.6 Å². The van der Waals surface area contributed by atoms with Gasteiger partial charge in [-0.2, -0.15) is 0 Å². The van der Waals surface area contributed by atoms with Gasteiger partial charge in [0.05, 0.1) is 13.2 Å². The average molecular weight is 272 g/mol. The summed E-state index contributed by atoms with van der Waals surface area (Å²) in [6.07, 6.45) is -0.347. The van der Waals surface area contributed by atoms with Gasteiger partial charge in [0.15, 0.2) is 18.2 Å². The van der Waals surface area contributed by atoms with Gasteiger partial charge in [-0.15, -0.1) is 6.58 Å². The molecule has 0 N–H and O–H groups in total. The van der Waals surface area contributed by atoms with Crippen molar-refractivity contribution in [1.29, 1.82) is 0 Å². The number of carbonyl (C=O) groups is 1. The lowest BCUT2D eigenvalue weighted by Gasteiger charge is -2.36. The zero-order valence-corrected chi connectivity index (χ0v) is 11.5. The molecule has 0 saturated carbocycles. The Morgan fingerprint density at radius 2 is 2.21 bits per heavy atom. The van der Waals surface area contributed by atoms with Gasteiger partial charge in [-0.1, -0.05) is 6.08 Å². The van der Waals surface area contributed by atoms with E-state index >= 15 is 0 Å². The van der Waals surface area contributed by atoms with Gasteiger partial charge in [-0.3, -0.25) is 4.79 Å². The molecule has 2 heterocycles. The predicted molar refractivity (Wildman–Crippen MR) is 65.3 cm³/mol. The highest BCUT2D eigenvalue weighted by Crippen LogP contribution is 2.35. The first-order chi connectivity index (χ1) is 8.93. The molecule has 108 valence electrons. The van der Waals surface area contributed by atoms with Gasteiger partial charge in [0.25, 0.3) is 0 Å². The van der Waals surface area contributed by atoms with Crippen molar-refractivity contribution in [2.24, 2.45) is 0 Å². The first-order valence-electron chi connectivity index (χ1n) is 6.30. The Labute approximate surface area is 112 Å². The zero-order valence-electron chi connectivity index (χ0n) is 11.5. The molecule has 0 bridgehead atoms. The topological polar surface area (TPSA) is 63.2 Å². The number of fused-ring (bicyclic) bond motifs is 1. The van der Waals surface area contributed by atoms with E-state index in [-0.39, 0.29) is 12.2 Å². The molecule has 0 aromatic heterocycles. The number of carbonyl (C=O) groups excluding carboxylic acids is 1. The van der Waals surface area contributed by atoms with Gasteiger partial charge in [-0.25, -0.2) is 0 Å². The van der Waals surface area contributed by atoms with Gasteiger partial charge in [0.2, 0.25) is 0 Å². The van der Waals surface area contributed by atoms with Crippen LogP contribution in [0.3, 0.4) is 0 Å². The second kappa shape index (κ2) is 5.58.